The molecule has 0 atom stereocenters. The summed E-state index contributed by atoms with van der Waals surface area (Å²) in [4.78, 5) is 1.14. The van der Waals surface area contributed by atoms with Gasteiger partial charge in [0.05, 0.1) is 21.4 Å². The second-order valence-corrected chi connectivity index (χ2v) is 9.02. The van der Waals surface area contributed by atoms with E-state index < -0.39 is 10.0 Å². The van der Waals surface area contributed by atoms with E-state index >= 15 is 0 Å². The van der Waals surface area contributed by atoms with Gasteiger partial charge in [0.2, 0.25) is 10.0 Å². The van der Waals surface area contributed by atoms with Crippen molar-refractivity contribution in [1.29, 1.82) is 0 Å². The van der Waals surface area contributed by atoms with Crippen molar-refractivity contribution in [3.8, 4) is 0 Å². The molecule has 1 heterocycles. The lowest BCUT2D eigenvalue weighted by molar-refractivity contribution is 0.0626. The van der Waals surface area contributed by atoms with E-state index in [1.54, 1.807) is 13.0 Å². The van der Waals surface area contributed by atoms with E-state index in [1.807, 2.05) is 0 Å². The first-order valence-corrected chi connectivity index (χ1v) is 9.45. The fraction of sp³-hybridized carbons (Fsp3) is 0.667. The van der Waals surface area contributed by atoms with E-state index in [4.69, 9.17) is 4.74 Å². The molecule has 4 nitrogen and oxygen atoms in total. The van der Waals surface area contributed by atoms with Gasteiger partial charge in [0, 0.05) is 11.4 Å². The lowest BCUT2D eigenvalue weighted by Crippen LogP contribution is -2.28. The van der Waals surface area contributed by atoms with Crippen molar-refractivity contribution in [2.75, 3.05) is 13.2 Å². The standard InChI is InChI=1S/C12H18BrNO3S2/c1-9-11(8-12(13)18-9)19(15,16)14-6-7-17-10-4-2-3-5-10/h8,10,14H,2-7H2,1H3. The Morgan fingerprint density at radius 1 is 1.47 bits per heavy atom. The summed E-state index contributed by atoms with van der Waals surface area (Å²) in [6.45, 7) is 2.57. The maximum absolute atomic E-state index is 12.1. The molecule has 0 aromatic carbocycles. The smallest absolute Gasteiger partial charge is 0.241 e. The van der Waals surface area contributed by atoms with E-state index in [9.17, 15) is 8.42 Å². The molecule has 1 saturated carbocycles. The third-order valence-electron chi connectivity index (χ3n) is 3.18. The summed E-state index contributed by atoms with van der Waals surface area (Å²) in [7, 11) is -3.42. The van der Waals surface area contributed by atoms with Crippen LogP contribution >= 0.6 is 27.3 Å². The van der Waals surface area contributed by atoms with Crippen LogP contribution in [0.2, 0.25) is 0 Å². The highest BCUT2D eigenvalue weighted by Crippen LogP contribution is 2.29. The van der Waals surface area contributed by atoms with Crippen molar-refractivity contribution in [2.24, 2.45) is 0 Å². The number of hydrogen-bond donors (Lipinski definition) is 1. The first kappa shape index (κ1) is 15.4. The second-order valence-electron chi connectivity index (χ2n) is 4.65. The molecular formula is C12H18BrNO3S2. The van der Waals surface area contributed by atoms with Gasteiger partial charge in [-0.2, -0.15) is 0 Å². The Morgan fingerprint density at radius 3 is 2.74 bits per heavy atom. The Balaban J connectivity index is 1.82. The van der Waals surface area contributed by atoms with Crippen molar-refractivity contribution in [1.82, 2.24) is 4.72 Å². The molecule has 7 heteroatoms. The van der Waals surface area contributed by atoms with Crippen LogP contribution in [0.25, 0.3) is 0 Å². The normalized spacial score (nSPS) is 17.2. The van der Waals surface area contributed by atoms with Gasteiger partial charge in [-0.05, 0) is 41.8 Å². The molecule has 1 fully saturated rings. The average Bonchev–Trinajstić information content (AvgIpc) is 2.94. The largest absolute Gasteiger partial charge is 0.377 e. The molecule has 2 rings (SSSR count). The van der Waals surface area contributed by atoms with Gasteiger partial charge in [-0.1, -0.05) is 12.8 Å². The minimum atomic E-state index is -3.42. The highest BCUT2D eigenvalue weighted by Gasteiger charge is 2.19. The summed E-state index contributed by atoms with van der Waals surface area (Å²) in [5.41, 5.74) is 0. The predicted octanol–water partition coefficient (Wildman–Crippen LogP) is 3.06. The molecule has 1 aromatic rings. The van der Waals surface area contributed by atoms with Gasteiger partial charge >= 0.3 is 0 Å². The van der Waals surface area contributed by atoms with Crippen molar-refractivity contribution < 1.29 is 13.2 Å². The maximum Gasteiger partial charge on any atom is 0.241 e. The number of ether oxygens (including phenoxy) is 1. The van der Waals surface area contributed by atoms with Crippen molar-refractivity contribution in [2.45, 2.75) is 43.6 Å². The monoisotopic (exact) mass is 367 g/mol. The highest BCUT2D eigenvalue weighted by molar-refractivity contribution is 9.11. The molecule has 108 valence electrons. The number of rotatable bonds is 6. The van der Waals surface area contributed by atoms with Crippen LogP contribution < -0.4 is 4.72 Å². The Morgan fingerprint density at radius 2 is 2.16 bits per heavy atom. The minimum Gasteiger partial charge on any atom is -0.377 e. The lowest BCUT2D eigenvalue weighted by atomic mass is 10.3. The summed E-state index contributed by atoms with van der Waals surface area (Å²) in [5, 5.41) is 0. The number of sulfonamides is 1. The van der Waals surface area contributed by atoms with Crippen LogP contribution in [-0.4, -0.2) is 27.7 Å². The molecule has 1 aromatic heterocycles. The molecule has 0 bridgehead atoms. The number of nitrogens with one attached hydrogen (secondary N) is 1. The van der Waals surface area contributed by atoms with Crippen LogP contribution in [0.3, 0.4) is 0 Å². The molecule has 0 radical (unpaired) electrons. The zero-order chi connectivity index (χ0) is 13.9. The Bertz CT molecular complexity index is 521. The lowest BCUT2D eigenvalue weighted by Gasteiger charge is -2.11. The molecule has 19 heavy (non-hydrogen) atoms. The van der Waals surface area contributed by atoms with Gasteiger partial charge in [0.15, 0.2) is 0 Å². The van der Waals surface area contributed by atoms with Crippen molar-refractivity contribution >= 4 is 37.3 Å². The number of thiophene rings is 1. The first-order valence-electron chi connectivity index (χ1n) is 6.36. The van der Waals surface area contributed by atoms with Gasteiger partial charge in [0.1, 0.15) is 0 Å². The zero-order valence-corrected chi connectivity index (χ0v) is 14.0. The second kappa shape index (κ2) is 6.67. The fourth-order valence-corrected chi connectivity index (χ4v) is 5.66. The molecule has 0 unspecified atom stereocenters. The number of aryl methyl sites for hydroxylation is 1. The van der Waals surface area contributed by atoms with Crippen LogP contribution in [0.4, 0.5) is 0 Å². The SMILES string of the molecule is Cc1sc(Br)cc1S(=O)(=O)NCCOC1CCCC1. The third kappa shape index (κ3) is 4.26. The van der Waals surface area contributed by atoms with Crippen LogP contribution in [0.15, 0.2) is 14.7 Å². The maximum atomic E-state index is 12.1. The van der Waals surface area contributed by atoms with Crippen molar-refractivity contribution in [3.63, 3.8) is 0 Å². The van der Waals surface area contributed by atoms with Gasteiger partial charge in [0.25, 0.3) is 0 Å². The predicted molar refractivity (Wildman–Crippen MR) is 80.2 cm³/mol. The van der Waals surface area contributed by atoms with Crippen LogP contribution in [0, 0.1) is 6.92 Å². The zero-order valence-electron chi connectivity index (χ0n) is 10.8. The molecular weight excluding hydrogens is 350 g/mol. The summed E-state index contributed by atoms with van der Waals surface area (Å²) in [6, 6.07) is 1.64. The van der Waals surface area contributed by atoms with Crippen LogP contribution in [0.1, 0.15) is 30.6 Å². The number of halogens is 1. The van der Waals surface area contributed by atoms with E-state index in [0.717, 1.165) is 21.5 Å². The van der Waals surface area contributed by atoms with Crippen LogP contribution in [-0.2, 0) is 14.8 Å². The Kier molecular flexibility index (Phi) is 5.42. The summed E-state index contributed by atoms with van der Waals surface area (Å²) in [5.74, 6) is 0. The molecule has 0 amide bonds. The molecule has 0 spiro atoms. The first-order chi connectivity index (χ1) is 8.99. The molecule has 1 aliphatic rings. The highest BCUT2D eigenvalue weighted by atomic mass is 79.9. The Hall–Kier alpha value is 0.0500. The minimum absolute atomic E-state index is 0.321. The molecule has 0 aliphatic heterocycles. The van der Waals surface area contributed by atoms with Gasteiger partial charge < -0.3 is 4.74 Å². The van der Waals surface area contributed by atoms with Crippen molar-refractivity contribution in [3.05, 3.63) is 14.7 Å². The van der Waals surface area contributed by atoms with E-state index in [0.29, 0.717) is 24.2 Å². The number of hydrogen-bond acceptors (Lipinski definition) is 4. The topological polar surface area (TPSA) is 55.4 Å². The van der Waals surface area contributed by atoms with Gasteiger partial charge in [-0.25, -0.2) is 13.1 Å². The Labute approximate surface area is 126 Å². The summed E-state index contributed by atoms with van der Waals surface area (Å²) in [6.07, 6.45) is 4.96. The van der Waals surface area contributed by atoms with Gasteiger partial charge in [-0.3, -0.25) is 0 Å². The molecule has 1 aliphatic carbocycles. The van der Waals surface area contributed by atoms with Crippen LogP contribution in [0.5, 0.6) is 0 Å². The molecule has 1 N–H and O–H groups in total. The summed E-state index contributed by atoms with van der Waals surface area (Å²) < 4.78 is 33.2. The average molecular weight is 368 g/mol. The van der Waals surface area contributed by atoms with Gasteiger partial charge in [-0.15, -0.1) is 11.3 Å². The molecule has 0 saturated heterocycles. The third-order valence-corrected chi connectivity index (χ3v) is 6.45. The van der Waals surface area contributed by atoms with E-state index in [-0.39, 0.29) is 0 Å². The van der Waals surface area contributed by atoms with E-state index in [2.05, 4.69) is 20.7 Å². The fourth-order valence-electron chi connectivity index (χ4n) is 2.23. The quantitative estimate of drug-likeness (QED) is 0.786. The summed E-state index contributed by atoms with van der Waals surface area (Å²) >= 11 is 4.73. The van der Waals surface area contributed by atoms with E-state index in [1.165, 1.54) is 24.2 Å².